The Hall–Kier alpha value is -7.11. The molecule has 0 saturated heterocycles. The van der Waals surface area contributed by atoms with Gasteiger partial charge in [-0.1, -0.05) is 84.7 Å². The molecule has 15 N–H and O–H groups in total. The molecule has 390 valence electrons. The number of aromatic hydroxyl groups is 1. The van der Waals surface area contributed by atoms with Crippen LogP contribution >= 0.6 is 0 Å². The first kappa shape index (κ1) is 58.2. The summed E-state index contributed by atoms with van der Waals surface area (Å²) in [4.78, 5) is 122. The van der Waals surface area contributed by atoms with E-state index in [2.05, 4.69) is 47.5 Å². The van der Waals surface area contributed by atoms with E-state index in [0.29, 0.717) is 24.0 Å². The third-order valence-corrected chi connectivity index (χ3v) is 12.1. The molecular weight excluding hydrogens is 925 g/mol. The second-order valence-corrected chi connectivity index (χ2v) is 17.9. The maximum absolute atomic E-state index is 14.1. The van der Waals surface area contributed by atoms with Gasteiger partial charge in [0.05, 0.1) is 31.8 Å². The summed E-state index contributed by atoms with van der Waals surface area (Å²) in [6.07, 6.45) is 0.959. The van der Waals surface area contributed by atoms with E-state index in [0.717, 1.165) is 10.9 Å². The SMILES string of the molecule is CC[C@H](C)[C@H](N)C(=O)N[C@H](C(=O)N[C@H](C(=O)NCC(=O)N[C@@H](CO)C(=O)NCC(=O)N[C@@H](Cc1c[nH]c2ccccc12)C(=O)N[C@@H](Cc1ccc(O)cc1)C(=O)N[C@H](C(=O)O)C(C)C)[C@@H](C)O)[C@@H](C)CC. The van der Waals surface area contributed by atoms with Crippen LogP contribution in [0.5, 0.6) is 5.75 Å². The van der Waals surface area contributed by atoms with Crippen molar-refractivity contribution in [3.05, 3.63) is 65.9 Å². The largest absolute Gasteiger partial charge is 0.508 e. The number of benzene rings is 2. The summed E-state index contributed by atoms with van der Waals surface area (Å²) in [7, 11) is 0. The number of carbonyl (C=O) groups is 9. The number of rotatable bonds is 28. The lowest BCUT2D eigenvalue weighted by Gasteiger charge is -2.29. The number of aliphatic hydroxyl groups excluding tert-OH is 2. The van der Waals surface area contributed by atoms with Crippen molar-refractivity contribution < 1.29 is 63.6 Å². The van der Waals surface area contributed by atoms with Gasteiger partial charge in [-0.3, -0.25) is 38.4 Å². The van der Waals surface area contributed by atoms with E-state index >= 15 is 0 Å². The second kappa shape index (κ2) is 27.9. The second-order valence-electron chi connectivity index (χ2n) is 17.9. The molecular formula is C48H70N10O13. The highest BCUT2D eigenvalue weighted by atomic mass is 16.4. The summed E-state index contributed by atoms with van der Waals surface area (Å²) in [6.45, 7) is 9.04. The number of para-hydroxylation sites is 1. The van der Waals surface area contributed by atoms with Gasteiger partial charge in [-0.2, -0.15) is 0 Å². The van der Waals surface area contributed by atoms with Gasteiger partial charge in [-0.05, 0) is 54.0 Å². The number of aromatic amines is 1. The molecule has 0 radical (unpaired) electrons. The normalized spacial score (nSPS) is 15.5. The van der Waals surface area contributed by atoms with Gasteiger partial charge in [0.25, 0.3) is 0 Å². The molecule has 71 heavy (non-hydrogen) atoms. The van der Waals surface area contributed by atoms with Crippen LogP contribution in [-0.4, -0.2) is 147 Å². The number of phenols is 1. The molecule has 3 aromatic rings. The zero-order valence-corrected chi connectivity index (χ0v) is 41.0. The molecule has 0 saturated carbocycles. The van der Waals surface area contributed by atoms with Crippen molar-refractivity contribution in [3.8, 4) is 5.75 Å². The molecule has 0 unspecified atom stereocenters. The summed E-state index contributed by atoms with van der Waals surface area (Å²) in [5, 5.41) is 60.2. The molecule has 8 amide bonds. The van der Waals surface area contributed by atoms with E-state index in [4.69, 9.17) is 5.73 Å². The number of hydrogen-bond donors (Lipinski definition) is 14. The van der Waals surface area contributed by atoms with E-state index in [1.807, 2.05) is 6.92 Å². The van der Waals surface area contributed by atoms with Gasteiger partial charge in [0.1, 0.15) is 42.0 Å². The zero-order chi connectivity index (χ0) is 53.1. The van der Waals surface area contributed by atoms with Crippen LogP contribution in [0.1, 0.15) is 72.4 Å². The minimum absolute atomic E-state index is 0.0555. The standard InChI is InChI=1S/C48H70N10O13/c1-8-25(5)38(49)45(67)57-40(26(6)9-2)47(69)58-41(27(7)60)46(68)52-22-37(63)54-35(23-59)42(64)51-21-36(62)53-34(19-29-20-50-32-13-11-10-12-31(29)32)43(65)55-33(18-28-14-16-30(61)17-15-28)44(66)56-39(24(3)4)48(70)71/h10-17,20,24-27,33-35,38-41,50,59-61H,8-9,18-19,21-23,49H2,1-7H3,(H,51,64)(H,52,68)(H,53,62)(H,54,63)(H,55,65)(H,56,66)(H,57,67)(H,58,69)(H,70,71)/t25-,26-,27+,33-,34-,35-,38-,39-,40-,41-/m0/s1. The van der Waals surface area contributed by atoms with Gasteiger partial charge in [0.15, 0.2) is 0 Å². The first-order chi connectivity index (χ1) is 33.5. The number of aliphatic carboxylic acids is 1. The highest BCUT2D eigenvalue weighted by Crippen LogP contribution is 2.20. The van der Waals surface area contributed by atoms with Gasteiger partial charge < -0.3 is 73.7 Å². The Morgan fingerprint density at radius 3 is 1.70 bits per heavy atom. The van der Waals surface area contributed by atoms with E-state index in [1.165, 1.54) is 31.2 Å². The molecule has 0 aliphatic rings. The van der Waals surface area contributed by atoms with Crippen molar-refractivity contribution in [1.29, 1.82) is 0 Å². The Labute approximate surface area is 411 Å². The van der Waals surface area contributed by atoms with E-state index in [1.54, 1.807) is 65.1 Å². The number of fused-ring (bicyclic) bond motifs is 1. The fourth-order valence-electron chi connectivity index (χ4n) is 7.21. The minimum atomic E-state index is -1.65. The van der Waals surface area contributed by atoms with Crippen LogP contribution in [-0.2, 0) is 56.0 Å². The minimum Gasteiger partial charge on any atom is -0.508 e. The zero-order valence-electron chi connectivity index (χ0n) is 41.0. The Morgan fingerprint density at radius 2 is 1.14 bits per heavy atom. The smallest absolute Gasteiger partial charge is 0.326 e. The Balaban J connectivity index is 1.71. The molecule has 0 bridgehead atoms. The van der Waals surface area contributed by atoms with E-state index in [9.17, 15) is 63.6 Å². The van der Waals surface area contributed by atoms with Gasteiger partial charge in [0, 0.05) is 29.9 Å². The number of carbonyl (C=O) groups excluding carboxylic acids is 8. The van der Waals surface area contributed by atoms with Crippen molar-refractivity contribution >= 4 is 64.1 Å². The molecule has 0 aliphatic heterocycles. The fourth-order valence-corrected chi connectivity index (χ4v) is 7.21. The van der Waals surface area contributed by atoms with Crippen molar-refractivity contribution in [2.24, 2.45) is 23.5 Å². The van der Waals surface area contributed by atoms with Crippen molar-refractivity contribution in [2.75, 3.05) is 19.7 Å². The van der Waals surface area contributed by atoms with Gasteiger partial charge in [0.2, 0.25) is 47.3 Å². The topological polar surface area (TPSA) is 373 Å². The first-order valence-corrected chi connectivity index (χ1v) is 23.5. The maximum atomic E-state index is 14.1. The van der Waals surface area contributed by atoms with Gasteiger partial charge in [-0.15, -0.1) is 0 Å². The number of aromatic nitrogens is 1. The fraction of sp³-hybridized carbons (Fsp3) is 0.521. The van der Waals surface area contributed by atoms with Crippen LogP contribution in [0, 0.1) is 17.8 Å². The Morgan fingerprint density at radius 1 is 0.606 bits per heavy atom. The number of carboxylic acids is 1. The molecule has 3 rings (SSSR count). The summed E-state index contributed by atoms with van der Waals surface area (Å²) in [6, 6.07) is 3.59. The number of H-pyrrole nitrogens is 1. The summed E-state index contributed by atoms with van der Waals surface area (Å²) in [5.41, 5.74) is 7.87. The summed E-state index contributed by atoms with van der Waals surface area (Å²) < 4.78 is 0. The average molecular weight is 995 g/mol. The lowest BCUT2D eigenvalue weighted by Crippen LogP contribution is -2.61. The molecule has 23 heteroatoms. The third-order valence-electron chi connectivity index (χ3n) is 12.1. The predicted octanol–water partition coefficient (Wildman–Crippen LogP) is -1.67. The van der Waals surface area contributed by atoms with E-state index < -0.39 is 133 Å². The third kappa shape index (κ3) is 17.7. The Bertz CT molecular complexity index is 2320. The Kier molecular flexibility index (Phi) is 22.9. The molecule has 0 aliphatic carbocycles. The monoisotopic (exact) mass is 995 g/mol. The molecule has 1 aromatic heterocycles. The summed E-state index contributed by atoms with van der Waals surface area (Å²) >= 11 is 0. The van der Waals surface area contributed by atoms with Crippen LogP contribution in [0.25, 0.3) is 10.9 Å². The molecule has 2 aromatic carbocycles. The van der Waals surface area contributed by atoms with Crippen LogP contribution in [0.15, 0.2) is 54.7 Å². The first-order valence-electron chi connectivity index (χ1n) is 23.5. The quantitative estimate of drug-likeness (QED) is 0.0387. The lowest BCUT2D eigenvalue weighted by molar-refractivity contribution is -0.143. The van der Waals surface area contributed by atoms with Crippen molar-refractivity contribution in [1.82, 2.24) is 47.5 Å². The van der Waals surface area contributed by atoms with Crippen LogP contribution in [0.2, 0.25) is 0 Å². The van der Waals surface area contributed by atoms with Crippen molar-refractivity contribution in [2.45, 2.75) is 123 Å². The molecule has 0 spiro atoms. The van der Waals surface area contributed by atoms with Gasteiger partial charge >= 0.3 is 5.97 Å². The average Bonchev–Trinajstić information content (AvgIpc) is 3.75. The highest BCUT2D eigenvalue weighted by molar-refractivity contribution is 5.97. The summed E-state index contributed by atoms with van der Waals surface area (Å²) in [5.74, 6) is -9.43. The molecule has 23 nitrogen and oxygen atoms in total. The number of nitrogens with two attached hydrogens (primary N) is 1. The number of nitrogens with one attached hydrogen (secondary N) is 9. The number of phenolic OH excluding ortho intramolecular Hbond substituents is 1. The highest BCUT2D eigenvalue weighted by Gasteiger charge is 2.35. The predicted molar refractivity (Wildman–Crippen MR) is 260 cm³/mol. The van der Waals surface area contributed by atoms with Crippen LogP contribution in [0.4, 0.5) is 0 Å². The number of hydrogen-bond acceptors (Lipinski definition) is 13. The maximum Gasteiger partial charge on any atom is 0.326 e. The lowest BCUT2D eigenvalue weighted by atomic mass is 9.95. The number of aliphatic hydroxyl groups is 2. The number of amides is 8. The van der Waals surface area contributed by atoms with E-state index in [-0.39, 0.29) is 24.5 Å². The van der Waals surface area contributed by atoms with Gasteiger partial charge in [-0.25, -0.2) is 4.79 Å². The molecule has 1 heterocycles. The van der Waals surface area contributed by atoms with Crippen LogP contribution in [0.3, 0.4) is 0 Å². The number of carboxylic acid groups (broad SMARTS) is 1. The molecule has 10 atom stereocenters. The van der Waals surface area contributed by atoms with Crippen molar-refractivity contribution in [3.63, 3.8) is 0 Å². The van der Waals surface area contributed by atoms with Crippen LogP contribution < -0.4 is 48.3 Å². The molecule has 0 fully saturated rings.